The van der Waals surface area contributed by atoms with Crippen molar-refractivity contribution in [1.82, 2.24) is 4.98 Å². The SMILES string of the molecule is CC1Cc2ccccc2N1c1ccnc(C(=O)Nc2ccc(F)cc2F)c1. The number of benzene rings is 2. The topological polar surface area (TPSA) is 45.2 Å². The average molecular weight is 365 g/mol. The maximum Gasteiger partial charge on any atom is 0.274 e. The van der Waals surface area contributed by atoms with Gasteiger partial charge in [-0.2, -0.15) is 0 Å². The minimum absolute atomic E-state index is 0.0894. The third-order valence-corrected chi connectivity index (χ3v) is 4.64. The zero-order valence-electron chi connectivity index (χ0n) is 14.6. The number of hydrogen-bond acceptors (Lipinski definition) is 3. The van der Waals surface area contributed by atoms with E-state index in [0.29, 0.717) is 0 Å². The van der Waals surface area contributed by atoms with Gasteiger partial charge >= 0.3 is 0 Å². The lowest BCUT2D eigenvalue weighted by atomic mass is 10.1. The van der Waals surface area contributed by atoms with Crippen LogP contribution in [0.4, 0.5) is 25.8 Å². The Morgan fingerprint density at radius 1 is 1.15 bits per heavy atom. The molecule has 2 aromatic carbocycles. The van der Waals surface area contributed by atoms with Crippen LogP contribution in [0.25, 0.3) is 0 Å². The fourth-order valence-corrected chi connectivity index (χ4v) is 3.43. The normalized spacial score (nSPS) is 15.5. The highest BCUT2D eigenvalue weighted by atomic mass is 19.1. The van der Waals surface area contributed by atoms with E-state index in [2.05, 4.69) is 28.2 Å². The van der Waals surface area contributed by atoms with Crippen LogP contribution in [0, 0.1) is 11.6 Å². The lowest BCUT2D eigenvalue weighted by Gasteiger charge is -2.25. The second kappa shape index (κ2) is 6.79. The Hall–Kier alpha value is -3.28. The Morgan fingerprint density at radius 2 is 1.96 bits per heavy atom. The first kappa shape index (κ1) is 17.1. The van der Waals surface area contributed by atoms with Gasteiger partial charge in [0.2, 0.25) is 0 Å². The predicted molar refractivity (Wildman–Crippen MR) is 100 cm³/mol. The molecule has 1 N–H and O–H groups in total. The fourth-order valence-electron chi connectivity index (χ4n) is 3.43. The molecule has 1 aromatic heterocycles. The van der Waals surface area contributed by atoms with Gasteiger partial charge < -0.3 is 10.2 Å². The Labute approximate surface area is 155 Å². The molecule has 1 amide bonds. The number of nitrogens with zero attached hydrogens (tertiary/aromatic N) is 2. The number of amides is 1. The average Bonchev–Trinajstić information content (AvgIpc) is 2.99. The van der Waals surface area contributed by atoms with Crippen LogP contribution in [0.15, 0.2) is 60.8 Å². The van der Waals surface area contributed by atoms with Crippen molar-refractivity contribution in [3.63, 3.8) is 0 Å². The van der Waals surface area contributed by atoms with Crippen LogP contribution in [0.2, 0.25) is 0 Å². The summed E-state index contributed by atoms with van der Waals surface area (Å²) in [6, 6.07) is 14.9. The first-order valence-corrected chi connectivity index (χ1v) is 8.62. The second-order valence-corrected chi connectivity index (χ2v) is 6.53. The van der Waals surface area contributed by atoms with Crippen molar-refractivity contribution >= 4 is 23.0 Å². The van der Waals surface area contributed by atoms with E-state index in [9.17, 15) is 13.6 Å². The molecule has 0 spiro atoms. The van der Waals surface area contributed by atoms with Gasteiger partial charge in [-0.25, -0.2) is 8.78 Å². The largest absolute Gasteiger partial charge is 0.338 e. The summed E-state index contributed by atoms with van der Waals surface area (Å²) in [7, 11) is 0. The van der Waals surface area contributed by atoms with Crippen LogP contribution >= 0.6 is 0 Å². The highest BCUT2D eigenvalue weighted by Crippen LogP contribution is 2.38. The summed E-state index contributed by atoms with van der Waals surface area (Å²) in [6.45, 7) is 2.12. The molecule has 3 aromatic rings. The molecule has 0 radical (unpaired) electrons. The van der Waals surface area contributed by atoms with E-state index in [1.807, 2.05) is 24.3 Å². The monoisotopic (exact) mass is 365 g/mol. The summed E-state index contributed by atoms with van der Waals surface area (Å²) in [6.07, 6.45) is 2.47. The highest BCUT2D eigenvalue weighted by molar-refractivity contribution is 6.03. The zero-order chi connectivity index (χ0) is 19.0. The molecule has 0 saturated heterocycles. The summed E-state index contributed by atoms with van der Waals surface area (Å²) < 4.78 is 26.8. The van der Waals surface area contributed by atoms with Gasteiger partial charge in [-0.05, 0) is 49.2 Å². The van der Waals surface area contributed by atoms with Crippen LogP contribution < -0.4 is 10.2 Å². The lowest BCUT2D eigenvalue weighted by molar-refractivity contribution is 0.102. The number of aromatic nitrogens is 1. The molecule has 1 atom stereocenters. The number of carbonyl (C=O) groups is 1. The molecule has 1 unspecified atom stereocenters. The van der Waals surface area contributed by atoms with Crippen LogP contribution in [0.1, 0.15) is 23.0 Å². The zero-order valence-corrected chi connectivity index (χ0v) is 14.6. The lowest BCUT2D eigenvalue weighted by Crippen LogP contribution is -2.24. The van der Waals surface area contributed by atoms with E-state index in [0.717, 1.165) is 29.9 Å². The predicted octanol–water partition coefficient (Wildman–Crippen LogP) is 4.69. The first-order chi connectivity index (χ1) is 13.0. The summed E-state index contributed by atoms with van der Waals surface area (Å²) in [5.74, 6) is -2.09. The quantitative estimate of drug-likeness (QED) is 0.732. The van der Waals surface area contributed by atoms with Gasteiger partial charge in [0.1, 0.15) is 17.3 Å². The van der Waals surface area contributed by atoms with Crippen molar-refractivity contribution in [2.45, 2.75) is 19.4 Å². The van der Waals surface area contributed by atoms with Crippen LogP contribution in [0.5, 0.6) is 0 Å². The molecule has 0 aliphatic carbocycles. The first-order valence-electron chi connectivity index (χ1n) is 8.62. The van der Waals surface area contributed by atoms with Gasteiger partial charge in [-0.15, -0.1) is 0 Å². The van der Waals surface area contributed by atoms with E-state index in [-0.39, 0.29) is 17.4 Å². The number of carbonyl (C=O) groups excluding carboxylic acids is 1. The molecule has 1 aliphatic heterocycles. The fraction of sp³-hybridized carbons (Fsp3) is 0.143. The van der Waals surface area contributed by atoms with Gasteiger partial charge in [0, 0.05) is 29.7 Å². The van der Waals surface area contributed by atoms with Gasteiger partial charge in [-0.3, -0.25) is 9.78 Å². The molecular weight excluding hydrogens is 348 g/mol. The Morgan fingerprint density at radius 3 is 2.78 bits per heavy atom. The van der Waals surface area contributed by atoms with Gasteiger partial charge in [-0.1, -0.05) is 18.2 Å². The van der Waals surface area contributed by atoms with E-state index in [1.165, 1.54) is 11.6 Å². The van der Waals surface area contributed by atoms with E-state index in [4.69, 9.17) is 0 Å². The van der Waals surface area contributed by atoms with Gasteiger partial charge in [0.25, 0.3) is 5.91 Å². The molecule has 4 nitrogen and oxygen atoms in total. The number of anilines is 3. The highest BCUT2D eigenvalue weighted by Gasteiger charge is 2.27. The Kier molecular flexibility index (Phi) is 4.32. The van der Waals surface area contributed by atoms with Gasteiger partial charge in [0.05, 0.1) is 5.69 Å². The number of halogens is 2. The van der Waals surface area contributed by atoms with Crippen LogP contribution in [-0.4, -0.2) is 16.9 Å². The molecular formula is C21H17F2N3O. The van der Waals surface area contributed by atoms with Crippen molar-refractivity contribution in [3.05, 3.63) is 83.7 Å². The van der Waals surface area contributed by atoms with E-state index in [1.54, 1.807) is 12.3 Å². The van der Waals surface area contributed by atoms with Crippen molar-refractivity contribution in [1.29, 1.82) is 0 Å². The van der Waals surface area contributed by atoms with Crippen LogP contribution in [0.3, 0.4) is 0 Å². The Balaban J connectivity index is 1.62. The molecule has 0 fully saturated rings. The number of para-hydroxylation sites is 1. The minimum atomic E-state index is -0.832. The number of hydrogen-bond donors (Lipinski definition) is 1. The maximum absolute atomic E-state index is 13.8. The third kappa shape index (κ3) is 3.26. The Bertz CT molecular complexity index is 1020. The third-order valence-electron chi connectivity index (χ3n) is 4.64. The molecule has 1 aliphatic rings. The second-order valence-electron chi connectivity index (χ2n) is 6.53. The maximum atomic E-state index is 13.8. The minimum Gasteiger partial charge on any atom is -0.338 e. The molecule has 6 heteroatoms. The summed E-state index contributed by atoms with van der Waals surface area (Å²) in [5, 5.41) is 2.44. The number of nitrogens with one attached hydrogen (secondary N) is 1. The van der Waals surface area contributed by atoms with E-state index < -0.39 is 17.5 Å². The molecule has 0 bridgehead atoms. The van der Waals surface area contributed by atoms with Crippen molar-refractivity contribution in [2.75, 3.05) is 10.2 Å². The summed E-state index contributed by atoms with van der Waals surface area (Å²) in [5.41, 5.74) is 3.27. The molecule has 136 valence electrons. The molecule has 2 heterocycles. The van der Waals surface area contributed by atoms with Gasteiger partial charge in [0.15, 0.2) is 0 Å². The number of rotatable bonds is 3. The number of pyridine rings is 1. The molecule has 0 saturated carbocycles. The standard InChI is InChI=1S/C21H17F2N3O/c1-13-10-14-4-2-3-5-20(14)26(13)16-8-9-24-19(12-16)21(27)25-18-7-6-15(22)11-17(18)23/h2-9,11-13H,10H2,1H3,(H,25,27). The van der Waals surface area contributed by atoms with E-state index >= 15 is 0 Å². The summed E-state index contributed by atoms with van der Waals surface area (Å²) in [4.78, 5) is 18.8. The van der Waals surface area contributed by atoms with Crippen molar-refractivity contribution < 1.29 is 13.6 Å². The van der Waals surface area contributed by atoms with Crippen LogP contribution in [-0.2, 0) is 6.42 Å². The smallest absolute Gasteiger partial charge is 0.274 e. The number of fused-ring (bicyclic) bond motifs is 1. The van der Waals surface area contributed by atoms with Crippen molar-refractivity contribution in [2.24, 2.45) is 0 Å². The summed E-state index contributed by atoms with van der Waals surface area (Å²) >= 11 is 0. The molecule has 27 heavy (non-hydrogen) atoms. The molecule has 4 rings (SSSR count). The van der Waals surface area contributed by atoms with Crippen molar-refractivity contribution in [3.8, 4) is 0 Å².